The Hall–Kier alpha value is -2.73. The number of hydrogen-bond acceptors (Lipinski definition) is 8. The molecule has 0 spiro atoms. The van der Waals surface area contributed by atoms with Crippen molar-refractivity contribution in [3.05, 3.63) is 52.0 Å². The van der Waals surface area contributed by atoms with Gasteiger partial charge in [-0.25, -0.2) is 19.3 Å². The molecule has 8 nitrogen and oxygen atoms in total. The Labute approximate surface area is 201 Å². The Bertz CT molecular complexity index is 1340. The van der Waals surface area contributed by atoms with Crippen molar-refractivity contribution in [3.63, 3.8) is 0 Å². The molecule has 0 radical (unpaired) electrons. The number of hydrogen-bond donors (Lipinski definition) is 2. The molecule has 2 aromatic heterocycles. The Kier molecular flexibility index (Phi) is 6.45. The lowest BCUT2D eigenvalue weighted by atomic mass is 10.2. The summed E-state index contributed by atoms with van der Waals surface area (Å²) in [6.45, 7) is 4.77. The van der Waals surface area contributed by atoms with Gasteiger partial charge in [0.25, 0.3) is 0 Å². The summed E-state index contributed by atoms with van der Waals surface area (Å²) >= 11 is 4.71. The SMILES string of the molecule is NC(=NCCN1CCOCC1)c1nc2ccc3ncnc(Nc4ccc(Br)cc4F)c3c2s1. The fraction of sp³-hybridized carbons (Fsp3) is 0.273. The lowest BCUT2D eigenvalue weighted by Crippen LogP contribution is -2.38. The number of thiazole rings is 1. The van der Waals surface area contributed by atoms with Crippen molar-refractivity contribution in [2.75, 3.05) is 44.7 Å². The Morgan fingerprint density at radius 1 is 1.21 bits per heavy atom. The van der Waals surface area contributed by atoms with Crippen molar-refractivity contribution >= 4 is 65.7 Å². The molecule has 0 saturated carbocycles. The van der Waals surface area contributed by atoms with Crippen molar-refractivity contribution in [2.24, 2.45) is 10.7 Å². The highest BCUT2D eigenvalue weighted by Crippen LogP contribution is 2.35. The highest BCUT2D eigenvalue weighted by molar-refractivity contribution is 9.10. The minimum Gasteiger partial charge on any atom is -0.381 e. The Balaban J connectivity index is 1.46. The number of morpholine rings is 1. The van der Waals surface area contributed by atoms with Gasteiger partial charge in [-0.1, -0.05) is 15.9 Å². The summed E-state index contributed by atoms with van der Waals surface area (Å²) in [7, 11) is 0. The van der Waals surface area contributed by atoms with Crippen LogP contribution in [0.3, 0.4) is 0 Å². The third kappa shape index (κ3) is 4.81. The van der Waals surface area contributed by atoms with Crippen LogP contribution in [-0.4, -0.2) is 65.1 Å². The van der Waals surface area contributed by atoms with E-state index in [0.29, 0.717) is 33.4 Å². The van der Waals surface area contributed by atoms with Crippen LogP contribution in [0.5, 0.6) is 0 Å². The van der Waals surface area contributed by atoms with E-state index in [9.17, 15) is 4.39 Å². The van der Waals surface area contributed by atoms with E-state index in [4.69, 9.17) is 10.5 Å². The van der Waals surface area contributed by atoms with Crippen LogP contribution >= 0.6 is 27.3 Å². The number of benzene rings is 2. The van der Waals surface area contributed by atoms with Crippen molar-refractivity contribution in [1.29, 1.82) is 0 Å². The van der Waals surface area contributed by atoms with Crippen LogP contribution < -0.4 is 11.1 Å². The van der Waals surface area contributed by atoms with Crippen LogP contribution in [0.4, 0.5) is 15.9 Å². The molecule has 0 bridgehead atoms. The van der Waals surface area contributed by atoms with E-state index in [-0.39, 0.29) is 5.82 Å². The lowest BCUT2D eigenvalue weighted by Gasteiger charge is -2.25. The van der Waals surface area contributed by atoms with Gasteiger partial charge in [0.05, 0.1) is 46.6 Å². The van der Waals surface area contributed by atoms with E-state index in [2.05, 4.69) is 46.1 Å². The highest BCUT2D eigenvalue weighted by atomic mass is 79.9. The van der Waals surface area contributed by atoms with Crippen LogP contribution in [0.2, 0.25) is 0 Å². The molecular weight excluding hydrogens is 509 g/mol. The van der Waals surface area contributed by atoms with Crippen LogP contribution in [0.25, 0.3) is 21.1 Å². The first-order valence-electron chi connectivity index (χ1n) is 10.5. The topological polar surface area (TPSA) is 102 Å². The third-order valence-corrected chi connectivity index (χ3v) is 6.97. The Morgan fingerprint density at radius 3 is 2.85 bits per heavy atom. The Morgan fingerprint density at radius 2 is 2.03 bits per heavy atom. The summed E-state index contributed by atoms with van der Waals surface area (Å²) in [4.78, 5) is 20.3. The molecule has 3 N–H and O–H groups in total. The van der Waals surface area contributed by atoms with Gasteiger partial charge in [0, 0.05) is 24.1 Å². The van der Waals surface area contributed by atoms with Crippen molar-refractivity contribution in [3.8, 4) is 0 Å². The number of anilines is 2. The normalized spacial score (nSPS) is 15.4. The summed E-state index contributed by atoms with van der Waals surface area (Å²) in [6.07, 6.45) is 1.46. The summed E-state index contributed by atoms with van der Waals surface area (Å²) in [6, 6.07) is 8.60. The van der Waals surface area contributed by atoms with Gasteiger partial charge in [0.2, 0.25) is 0 Å². The predicted molar refractivity (Wildman–Crippen MR) is 133 cm³/mol. The van der Waals surface area contributed by atoms with Crippen molar-refractivity contribution in [2.45, 2.75) is 0 Å². The molecule has 1 saturated heterocycles. The number of amidine groups is 1. The average Bonchev–Trinajstić information content (AvgIpc) is 3.26. The fourth-order valence-corrected chi connectivity index (χ4v) is 5.02. The number of halogens is 2. The smallest absolute Gasteiger partial charge is 0.159 e. The van der Waals surface area contributed by atoms with E-state index in [0.717, 1.165) is 54.0 Å². The first-order chi connectivity index (χ1) is 16.1. The summed E-state index contributed by atoms with van der Waals surface area (Å²) in [5, 5.41) is 4.51. The molecule has 0 atom stereocenters. The maximum atomic E-state index is 14.4. The maximum absolute atomic E-state index is 14.4. The highest BCUT2D eigenvalue weighted by Gasteiger charge is 2.16. The molecule has 0 amide bonds. The standard InChI is InChI=1S/C22H21BrFN7OS/c23-13-1-2-15(14(24)11-13)29-21-18-16(27-12-28-21)3-4-17-19(18)33-22(30-17)20(25)26-5-6-31-7-9-32-10-8-31/h1-4,11-12H,5-10H2,(H2,25,26)(H,27,28,29). The van der Waals surface area contributed by atoms with Gasteiger partial charge < -0.3 is 15.8 Å². The second-order valence-electron chi connectivity index (χ2n) is 7.52. The van der Waals surface area contributed by atoms with E-state index in [1.54, 1.807) is 12.1 Å². The first kappa shape index (κ1) is 22.1. The molecule has 11 heteroatoms. The predicted octanol–water partition coefficient (Wildman–Crippen LogP) is 3.92. The number of fused-ring (bicyclic) bond motifs is 3. The molecule has 3 heterocycles. The second kappa shape index (κ2) is 9.64. The fourth-order valence-electron chi connectivity index (χ4n) is 3.66. The minimum absolute atomic E-state index is 0.323. The minimum atomic E-state index is -0.384. The van der Waals surface area contributed by atoms with Gasteiger partial charge in [-0.05, 0) is 30.3 Å². The van der Waals surface area contributed by atoms with Crippen molar-refractivity contribution in [1.82, 2.24) is 19.9 Å². The maximum Gasteiger partial charge on any atom is 0.159 e. The molecule has 170 valence electrons. The van der Waals surface area contributed by atoms with E-state index >= 15 is 0 Å². The number of rotatable bonds is 6. The zero-order valence-electron chi connectivity index (χ0n) is 17.6. The molecule has 1 fully saturated rings. The second-order valence-corrected chi connectivity index (χ2v) is 9.43. The summed E-state index contributed by atoms with van der Waals surface area (Å²) < 4.78 is 21.3. The largest absolute Gasteiger partial charge is 0.381 e. The zero-order valence-corrected chi connectivity index (χ0v) is 20.0. The summed E-state index contributed by atoms with van der Waals surface area (Å²) in [5.41, 5.74) is 8.09. The molecule has 5 rings (SSSR count). The van der Waals surface area contributed by atoms with Crippen LogP contribution in [-0.2, 0) is 4.74 Å². The van der Waals surface area contributed by atoms with Gasteiger partial charge in [0.15, 0.2) is 10.8 Å². The number of nitrogens with one attached hydrogen (secondary N) is 1. The number of ether oxygens (including phenoxy) is 1. The van der Waals surface area contributed by atoms with Gasteiger partial charge in [-0.2, -0.15) is 0 Å². The summed E-state index contributed by atoms with van der Waals surface area (Å²) in [5.74, 6) is 0.526. The molecular formula is C22H21BrFN7OS. The molecule has 4 aromatic rings. The molecule has 33 heavy (non-hydrogen) atoms. The number of nitrogens with zero attached hydrogens (tertiary/aromatic N) is 5. The number of aliphatic imine (C=N–C) groups is 1. The molecule has 1 aliphatic heterocycles. The quantitative estimate of drug-likeness (QED) is 0.288. The first-order valence-corrected chi connectivity index (χ1v) is 12.1. The van der Waals surface area contributed by atoms with Gasteiger partial charge >= 0.3 is 0 Å². The van der Waals surface area contributed by atoms with Crippen LogP contribution in [0.1, 0.15) is 5.01 Å². The third-order valence-electron chi connectivity index (χ3n) is 5.36. The van der Waals surface area contributed by atoms with Gasteiger partial charge in [-0.15, -0.1) is 11.3 Å². The van der Waals surface area contributed by atoms with E-state index in [1.807, 2.05) is 12.1 Å². The van der Waals surface area contributed by atoms with Gasteiger partial charge in [0.1, 0.15) is 18.0 Å². The van der Waals surface area contributed by atoms with E-state index < -0.39 is 0 Å². The van der Waals surface area contributed by atoms with E-state index in [1.165, 1.54) is 23.7 Å². The molecule has 0 aliphatic carbocycles. The van der Waals surface area contributed by atoms with Crippen molar-refractivity contribution < 1.29 is 9.13 Å². The zero-order chi connectivity index (χ0) is 22.8. The monoisotopic (exact) mass is 529 g/mol. The van der Waals surface area contributed by atoms with Gasteiger partial charge in [-0.3, -0.25) is 9.89 Å². The van der Waals surface area contributed by atoms with Crippen LogP contribution in [0.15, 0.2) is 46.1 Å². The molecule has 1 aliphatic rings. The van der Waals surface area contributed by atoms with Crippen LogP contribution in [0, 0.1) is 5.82 Å². The number of aromatic nitrogens is 3. The number of nitrogens with two attached hydrogens (primary N) is 1. The average molecular weight is 530 g/mol. The lowest BCUT2D eigenvalue weighted by molar-refractivity contribution is 0.0394. The molecule has 2 aromatic carbocycles. The molecule has 0 unspecified atom stereocenters.